The van der Waals surface area contributed by atoms with E-state index in [1.807, 2.05) is 12.3 Å². The van der Waals surface area contributed by atoms with Crippen molar-refractivity contribution >= 4 is 44.8 Å². The molecule has 0 fully saturated rings. The zero-order valence-electron chi connectivity index (χ0n) is 15.0. The molecule has 0 aromatic heterocycles. The monoisotopic (exact) mass is 409 g/mol. The largest absolute Gasteiger partial charge is 0.324 e. The maximum absolute atomic E-state index is 12.4. The minimum atomic E-state index is -3.71. The van der Waals surface area contributed by atoms with Crippen LogP contribution in [-0.2, 0) is 14.8 Å². The number of amides is 1. The molecular weight excluding hydrogens is 390 g/mol. The molecule has 1 N–H and O–H groups in total. The van der Waals surface area contributed by atoms with Crippen LogP contribution in [0, 0.1) is 17.0 Å². The van der Waals surface area contributed by atoms with Crippen molar-refractivity contribution in [1.29, 1.82) is 0 Å². The van der Waals surface area contributed by atoms with Crippen LogP contribution in [0.2, 0.25) is 0 Å². The Morgan fingerprint density at radius 3 is 2.52 bits per heavy atom. The summed E-state index contributed by atoms with van der Waals surface area (Å²) in [5, 5.41) is 13.6. The van der Waals surface area contributed by atoms with Gasteiger partial charge in [0, 0.05) is 11.0 Å². The van der Waals surface area contributed by atoms with E-state index in [0.29, 0.717) is 11.3 Å². The van der Waals surface area contributed by atoms with Gasteiger partial charge in [0.25, 0.3) is 5.69 Å². The van der Waals surface area contributed by atoms with Crippen LogP contribution in [0.25, 0.3) is 0 Å². The highest BCUT2D eigenvalue weighted by atomic mass is 32.2. The van der Waals surface area contributed by atoms with Crippen molar-refractivity contribution in [3.05, 3.63) is 58.1 Å². The highest BCUT2D eigenvalue weighted by Crippen LogP contribution is 2.26. The van der Waals surface area contributed by atoms with Gasteiger partial charge in [-0.15, -0.1) is 11.8 Å². The summed E-state index contributed by atoms with van der Waals surface area (Å²) in [6.45, 7) is 1.07. The van der Waals surface area contributed by atoms with Gasteiger partial charge in [0.05, 0.1) is 28.1 Å². The van der Waals surface area contributed by atoms with Gasteiger partial charge in [-0.05, 0) is 37.4 Å². The Bertz CT molecular complexity index is 976. The summed E-state index contributed by atoms with van der Waals surface area (Å²) in [5.74, 6) is -0.599. The fourth-order valence-electron chi connectivity index (χ4n) is 2.44. The number of hydrogen-bond acceptors (Lipinski definition) is 6. The van der Waals surface area contributed by atoms with Crippen LogP contribution in [-0.4, -0.2) is 38.3 Å². The third-order valence-corrected chi connectivity index (χ3v) is 5.67. The van der Waals surface area contributed by atoms with Crippen LogP contribution in [0.15, 0.2) is 47.4 Å². The molecule has 0 saturated carbocycles. The zero-order chi connectivity index (χ0) is 20.2. The number of nitro benzene ring substituents is 1. The maximum atomic E-state index is 12.4. The van der Waals surface area contributed by atoms with E-state index in [4.69, 9.17) is 0 Å². The lowest BCUT2D eigenvalue weighted by atomic mass is 10.1. The fraction of sp³-hybridized carbons (Fsp3) is 0.235. The molecule has 0 radical (unpaired) electrons. The first kappa shape index (κ1) is 20.7. The van der Waals surface area contributed by atoms with Gasteiger partial charge in [0.15, 0.2) is 0 Å². The topological polar surface area (TPSA) is 110 Å². The van der Waals surface area contributed by atoms with Gasteiger partial charge in [0.1, 0.15) is 6.54 Å². The van der Waals surface area contributed by atoms with Crippen molar-refractivity contribution in [2.75, 3.05) is 28.7 Å². The van der Waals surface area contributed by atoms with E-state index in [9.17, 15) is 23.3 Å². The molecule has 0 aliphatic heterocycles. The Morgan fingerprint density at radius 2 is 1.93 bits per heavy atom. The number of nitro groups is 1. The molecule has 0 aliphatic carbocycles. The van der Waals surface area contributed by atoms with E-state index in [2.05, 4.69) is 5.32 Å². The number of anilines is 2. The van der Waals surface area contributed by atoms with Crippen molar-refractivity contribution < 1.29 is 18.1 Å². The first-order valence-corrected chi connectivity index (χ1v) is 10.9. The van der Waals surface area contributed by atoms with Gasteiger partial charge in [-0.3, -0.25) is 19.2 Å². The molecule has 2 rings (SSSR count). The summed E-state index contributed by atoms with van der Waals surface area (Å²) in [4.78, 5) is 23.8. The normalized spacial score (nSPS) is 11.1. The molecule has 2 aromatic carbocycles. The number of thioether (sulfide) groups is 1. The van der Waals surface area contributed by atoms with Crippen molar-refractivity contribution in [3.63, 3.8) is 0 Å². The van der Waals surface area contributed by atoms with E-state index in [-0.39, 0.29) is 11.4 Å². The molecule has 0 unspecified atom stereocenters. The SMILES string of the molecule is CSc1cccc(N(CC(=O)Nc2cccc([N+](=O)[O-])c2C)S(C)(=O)=O)c1. The van der Waals surface area contributed by atoms with Crippen LogP contribution in [0.4, 0.5) is 17.1 Å². The predicted octanol–water partition coefficient (Wildman–Crippen LogP) is 3.03. The van der Waals surface area contributed by atoms with Crippen LogP contribution < -0.4 is 9.62 Å². The minimum absolute atomic E-state index is 0.125. The van der Waals surface area contributed by atoms with E-state index in [1.165, 1.54) is 36.9 Å². The van der Waals surface area contributed by atoms with Gasteiger partial charge >= 0.3 is 0 Å². The zero-order valence-corrected chi connectivity index (χ0v) is 16.6. The molecule has 27 heavy (non-hydrogen) atoms. The van der Waals surface area contributed by atoms with E-state index in [0.717, 1.165) is 15.5 Å². The summed E-state index contributed by atoms with van der Waals surface area (Å²) >= 11 is 1.45. The van der Waals surface area contributed by atoms with Crippen LogP contribution >= 0.6 is 11.8 Å². The second-order valence-electron chi connectivity index (χ2n) is 5.73. The number of benzene rings is 2. The van der Waals surface area contributed by atoms with Gasteiger partial charge in [0.2, 0.25) is 15.9 Å². The average Bonchev–Trinajstić information content (AvgIpc) is 2.60. The van der Waals surface area contributed by atoms with E-state index in [1.54, 1.807) is 18.2 Å². The maximum Gasteiger partial charge on any atom is 0.274 e. The number of sulfonamides is 1. The summed E-state index contributed by atoms with van der Waals surface area (Å²) < 4.78 is 25.4. The first-order valence-electron chi connectivity index (χ1n) is 7.79. The third-order valence-electron chi connectivity index (χ3n) is 3.80. The van der Waals surface area contributed by atoms with Crippen molar-refractivity contribution in [1.82, 2.24) is 0 Å². The quantitative estimate of drug-likeness (QED) is 0.428. The highest BCUT2D eigenvalue weighted by Gasteiger charge is 2.22. The number of rotatable bonds is 7. The average molecular weight is 409 g/mol. The molecule has 10 heteroatoms. The number of hydrogen-bond donors (Lipinski definition) is 1. The van der Waals surface area contributed by atoms with Crippen molar-refractivity contribution in [2.45, 2.75) is 11.8 Å². The smallest absolute Gasteiger partial charge is 0.274 e. The van der Waals surface area contributed by atoms with Crippen LogP contribution in [0.1, 0.15) is 5.56 Å². The lowest BCUT2D eigenvalue weighted by Crippen LogP contribution is -2.37. The second-order valence-corrected chi connectivity index (χ2v) is 8.51. The van der Waals surface area contributed by atoms with Gasteiger partial charge < -0.3 is 5.32 Å². The summed E-state index contributed by atoms with van der Waals surface area (Å²) in [7, 11) is -3.71. The minimum Gasteiger partial charge on any atom is -0.324 e. The number of carbonyl (C=O) groups is 1. The molecule has 0 saturated heterocycles. The molecule has 0 atom stereocenters. The molecular formula is C17H19N3O5S2. The lowest BCUT2D eigenvalue weighted by Gasteiger charge is -2.22. The van der Waals surface area contributed by atoms with E-state index < -0.39 is 27.4 Å². The Labute approximate surface area is 161 Å². The molecule has 8 nitrogen and oxygen atoms in total. The van der Waals surface area contributed by atoms with E-state index >= 15 is 0 Å². The first-order chi connectivity index (χ1) is 12.6. The molecule has 0 bridgehead atoms. The van der Waals surface area contributed by atoms with Gasteiger partial charge in [-0.1, -0.05) is 12.1 Å². The number of nitrogens with zero attached hydrogens (tertiary/aromatic N) is 2. The van der Waals surface area contributed by atoms with Crippen molar-refractivity contribution in [3.8, 4) is 0 Å². The standard InChI is InChI=1S/C17H19N3O5S2/c1-12-15(8-5-9-16(12)20(22)23)18-17(21)11-19(27(3,24)25)13-6-4-7-14(10-13)26-2/h4-10H,11H2,1-3H3,(H,18,21). The Balaban J connectivity index is 2.28. The number of carbonyl (C=O) groups excluding carboxylic acids is 1. The fourth-order valence-corrected chi connectivity index (χ4v) is 3.74. The predicted molar refractivity (Wildman–Crippen MR) is 107 cm³/mol. The number of nitrogens with one attached hydrogen (secondary N) is 1. The summed E-state index contributed by atoms with van der Waals surface area (Å²) in [5.41, 5.74) is 0.808. The summed E-state index contributed by atoms with van der Waals surface area (Å²) in [6, 6.07) is 11.1. The van der Waals surface area contributed by atoms with Crippen LogP contribution in [0.3, 0.4) is 0 Å². The molecule has 144 valence electrons. The van der Waals surface area contributed by atoms with Crippen LogP contribution in [0.5, 0.6) is 0 Å². The molecule has 0 heterocycles. The molecule has 1 amide bonds. The Kier molecular flexibility index (Phi) is 6.45. The lowest BCUT2D eigenvalue weighted by molar-refractivity contribution is -0.385. The molecule has 0 spiro atoms. The second kappa shape index (κ2) is 8.40. The Morgan fingerprint density at radius 1 is 1.26 bits per heavy atom. The molecule has 0 aliphatic rings. The summed E-state index contributed by atoms with van der Waals surface area (Å²) in [6.07, 6.45) is 2.88. The van der Waals surface area contributed by atoms with Gasteiger partial charge in [-0.2, -0.15) is 0 Å². The highest BCUT2D eigenvalue weighted by molar-refractivity contribution is 7.98. The van der Waals surface area contributed by atoms with Gasteiger partial charge in [-0.25, -0.2) is 8.42 Å². The third kappa shape index (κ3) is 5.20. The molecule has 2 aromatic rings. The van der Waals surface area contributed by atoms with Crippen molar-refractivity contribution in [2.24, 2.45) is 0 Å². The Hall–Kier alpha value is -2.59.